The molecule has 0 spiro atoms. The number of hydrogen-bond acceptors (Lipinski definition) is 9. The molecule has 37 heavy (non-hydrogen) atoms. The van der Waals surface area contributed by atoms with Crippen LogP contribution in [0, 0.1) is 5.92 Å². The molecule has 0 aliphatic heterocycles. The van der Waals surface area contributed by atoms with Crippen molar-refractivity contribution in [2.45, 2.75) is 51.7 Å². The molecule has 1 unspecified atom stereocenters. The number of carbonyl (C=O) groups excluding carboxylic acids is 2. The van der Waals surface area contributed by atoms with E-state index < -0.39 is 0 Å². The van der Waals surface area contributed by atoms with Crippen LogP contribution in [0.15, 0.2) is 23.4 Å². The van der Waals surface area contributed by atoms with Crippen molar-refractivity contribution in [3.63, 3.8) is 0 Å². The summed E-state index contributed by atoms with van der Waals surface area (Å²) in [7, 11) is 3.18. The van der Waals surface area contributed by atoms with Crippen molar-refractivity contribution < 1.29 is 23.8 Å². The summed E-state index contributed by atoms with van der Waals surface area (Å²) in [6.45, 7) is 6.91. The molecule has 1 atom stereocenters. The smallest absolute Gasteiger partial charge is 0.341 e. The van der Waals surface area contributed by atoms with Gasteiger partial charge in [-0.2, -0.15) is 0 Å². The SMILES string of the molecule is CCOC(=O)c1c(NC(=O)CSc2nnc(-c3ccc(OC)c(OC)c3)n2CC)sc2c1CCC(C)C2. The molecule has 3 aromatic rings. The second-order valence-electron chi connectivity index (χ2n) is 8.73. The zero-order valence-corrected chi connectivity index (χ0v) is 23.4. The van der Waals surface area contributed by atoms with E-state index >= 15 is 0 Å². The fourth-order valence-electron chi connectivity index (χ4n) is 4.42. The molecule has 1 aliphatic carbocycles. The minimum Gasteiger partial charge on any atom is -0.493 e. The van der Waals surface area contributed by atoms with Crippen molar-refractivity contribution in [2.24, 2.45) is 5.92 Å². The van der Waals surface area contributed by atoms with Crippen LogP contribution >= 0.6 is 23.1 Å². The molecular weight excluding hydrogens is 512 g/mol. The molecule has 0 bridgehead atoms. The number of aromatic nitrogens is 3. The van der Waals surface area contributed by atoms with Gasteiger partial charge in [0.15, 0.2) is 22.5 Å². The lowest BCUT2D eigenvalue weighted by atomic mass is 9.88. The van der Waals surface area contributed by atoms with Gasteiger partial charge in [-0.1, -0.05) is 18.7 Å². The van der Waals surface area contributed by atoms with Gasteiger partial charge in [0, 0.05) is 17.0 Å². The van der Waals surface area contributed by atoms with E-state index in [-0.39, 0.29) is 24.2 Å². The molecular formula is C26H32N4O5S2. The molecule has 4 rings (SSSR count). The Balaban J connectivity index is 1.50. The Morgan fingerprint density at radius 1 is 1.19 bits per heavy atom. The van der Waals surface area contributed by atoms with E-state index in [1.54, 1.807) is 21.1 Å². The van der Waals surface area contributed by atoms with E-state index in [0.29, 0.717) is 45.5 Å². The lowest BCUT2D eigenvalue weighted by molar-refractivity contribution is -0.113. The summed E-state index contributed by atoms with van der Waals surface area (Å²) in [6.07, 6.45) is 2.76. The summed E-state index contributed by atoms with van der Waals surface area (Å²) < 4.78 is 18.0. The van der Waals surface area contributed by atoms with Crippen molar-refractivity contribution >= 4 is 40.0 Å². The number of methoxy groups -OCH3 is 2. The Labute approximate surface area is 224 Å². The fraction of sp³-hybridized carbons (Fsp3) is 0.462. The summed E-state index contributed by atoms with van der Waals surface area (Å²) in [5.74, 6) is 2.02. The Bertz CT molecular complexity index is 1290. The predicted molar refractivity (Wildman–Crippen MR) is 145 cm³/mol. The lowest BCUT2D eigenvalue weighted by Gasteiger charge is -2.18. The van der Waals surface area contributed by atoms with Gasteiger partial charge in [0.25, 0.3) is 0 Å². The van der Waals surface area contributed by atoms with E-state index in [9.17, 15) is 9.59 Å². The van der Waals surface area contributed by atoms with Crippen LogP contribution in [0.25, 0.3) is 11.4 Å². The number of nitrogens with one attached hydrogen (secondary N) is 1. The fourth-order valence-corrected chi connectivity index (χ4v) is 6.64. The quantitative estimate of drug-likeness (QED) is 0.278. The van der Waals surface area contributed by atoms with Gasteiger partial charge in [-0.3, -0.25) is 4.79 Å². The van der Waals surface area contributed by atoms with Crippen molar-refractivity contribution in [3.05, 3.63) is 34.2 Å². The molecule has 0 fully saturated rings. The second-order valence-corrected chi connectivity index (χ2v) is 10.8. The lowest BCUT2D eigenvalue weighted by Crippen LogP contribution is -2.18. The maximum atomic E-state index is 13.0. The molecule has 1 amide bonds. The Morgan fingerprint density at radius 2 is 1.97 bits per heavy atom. The number of ether oxygens (including phenoxy) is 3. The number of hydrogen-bond donors (Lipinski definition) is 1. The van der Waals surface area contributed by atoms with Gasteiger partial charge >= 0.3 is 5.97 Å². The van der Waals surface area contributed by atoms with Gasteiger partial charge in [0.2, 0.25) is 5.91 Å². The van der Waals surface area contributed by atoms with Crippen molar-refractivity contribution in [1.82, 2.24) is 14.8 Å². The molecule has 0 saturated heterocycles. The van der Waals surface area contributed by atoms with Gasteiger partial charge in [0.05, 0.1) is 32.1 Å². The number of nitrogens with zero attached hydrogens (tertiary/aromatic N) is 3. The highest BCUT2D eigenvalue weighted by atomic mass is 32.2. The van der Waals surface area contributed by atoms with Gasteiger partial charge in [-0.05, 0) is 62.8 Å². The summed E-state index contributed by atoms with van der Waals surface area (Å²) in [5.41, 5.74) is 2.37. The average molecular weight is 545 g/mol. The topological polar surface area (TPSA) is 105 Å². The minimum atomic E-state index is -0.372. The van der Waals surface area contributed by atoms with E-state index in [1.165, 1.54) is 23.1 Å². The van der Waals surface area contributed by atoms with Crippen molar-refractivity contribution in [3.8, 4) is 22.9 Å². The highest BCUT2D eigenvalue weighted by Gasteiger charge is 2.29. The van der Waals surface area contributed by atoms with Crippen LogP contribution in [0.5, 0.6) is 11.5 Å². The third kappa shape index (κ3) is 5.77. The first kappa shape index (κ1) is 27.0. The van der Waals surface area contributed by atoms with E-state index in [1.807, 2.05) is 29.7 Å². The molecule has 0 saturated carbocycles. The second kappa shape index (κ2) is 12.0. The van der Waals surface area contributed by atoms with Crippen LogP contribution in [0.3, 0.4) is 0 Å². The maximum Gasteiger partial charge on any atom is 0.341 e. The molecule has 1 N–H and O–H groups in total. The zero-order chi connectivity index (χ0) is 26.5. The standard InChI is InChI=1S/C26H32N4O5S2/c1-6-30-23(16-9-11-18(33-4)19(13-16)34-5)28-29-26(30)36-14-21(31)27-24-22(25(32)35-7-2)17-10-8-15(3)12-20(17)37-24/h9,11,13,15H,6-8,10,12,14H2,1-5H3,(H,27,31). The third-order valence-corrected chi connectivity index (χ3v) is 8.39. The monoisotopic (exact) mass is 544 g/mol. The first-order chi connectivity index (χ1) is 17.9. The summed E-state index contributed by atoms with van der Waals surface area (Å²) in [6, 6.07) is 5.58. The molecule has 0 radical (unpaired) electrons. The zero-order valence-electron chi connectivity index (χ0n) is 21.8. The number of thiophene rings is 1. The highest BCUT2D eigenvalue weighted by Crippen LogP contribution is 2.40. The number of amides is 1. The van der Waals surface area contributed by atoms with Crippen LogP contribution < -0.4 is 14.8 Å². The maximum absolute atomic E-state index is 13.0. The summed E-state index contributed by atoms with van der Waals surface area (Å²) in [4.78, 5) is 26.9. The number of carbonyl (C=O) groups is 2. The molecule has 198 valence electrons. The van der Waals surface area contributed by atoms with Crippen LogP contribution in [0.4, 0.5) is 5.00 Å². The van der Waals surface area contributed by atoms with Crippen LogP contribution in [0.2, 0.25) is 0 Å². The molecule has 1 aliphatic rings. The predicted octanol–water partition coefficient (Wildman–Crippen LogP) is 5.08. The number of fused-ring (bicyclic) bond motifs is 1. The summed E-state index contributed by atoms with van der Waals surface area (Å²) >= 11 is 2.79. The number of rotatable bonds is 10. The Morgan fingerprint density at radius 3 is 2.68 bits per heavy atom. The first-order valence-electron chi connectivity index (χ1n) is 12.3. The minimum absolute atomic E-state index is 0.130. The van der Waals surface area contributed by atoms with E-state index in [0.717, 1.165) is 35.3 Å². The van der Waals surface area contributed by atoms with Crippen LogP contribution in [0.1, 0.15) is 48.0 Å². The molecule has 9 nitrogen and oxygen atoms in total. The first-order valence-corrected chi connectivity index (χ1v) is 14.1. The largest absolute Gasteiger partial charge is 0.493 e. The summed E-state index contributed by atoms with van der Waals surface area (Å²) in [5, 5.41) is 12.9. The highest BCUT2D eigenvalue weighted by molar-refractivity contribution is 7.99. The normalized spacial score (nSPS) is 14.7. The Kier molecular flexibility index (Phi) is 8.75. The molecule has 2 heterocycles. The van der Waals surface area contributed by atoms with Gasteiger partial charge in [-0.15, -0.1) is 21.5 Å². The average Bonchev–Trinajstić information content (AvgIpc) is 3.47. The van der Waals surface area contributed by atoms with Crippen LogP contribution in [-0.2, 0) is 28.9 Å². The number of thioether (sulfide) groups is 1. The van der Waals surface area contributed by atoms with Crippen LogP contribution in [-0.4, -0.2) is 53.2 Å². The van der Waals surface area contributed by atoms with E-state index in [2.05, 4.69) is 22.4 Å². The third-order valence-electron chi connectivity index (χ3n) is 6.25. The van der Waals surface area contributed by atoms with E-state index in [4.69, 9.17) is 14.2 Å². The van der Waals surface area contributed by atoms with Crippen molar-refractivity contribution in [1.29, 1.82) is 0 Å². The molecule has 2 aromatic heterocycles. The number of esters is 1. The molecule has 11 heteroatoms. The van der Waals surface area contributed by atoms with Gasteiger partial charge < -0.3 is 24.1 Å². The number of anilines is 1. The Hall–Kier alpha value is -3.05. The van der Waals surface area contributed by atoms with Gasteiger partial charge in [-0.25, -0.2) is 4.79 Å². The van der Waals surface area contributed by atoms with Gasteiger partial charge in [0.1, 0.15) is 5.00 Å². The number of benzene rings is 1. The molecule has 1 aromatic carbocycles. The van der Waals surface area contributed by atoms with Crippen molar-refractivity contribution in [2.75, 3.05) is 31.9 Å².